The lowest BCUT2D eigenvalue weighted by atomic mass is 10.1. The summed E-state index contributed by atoms with van der Waals surface area (Å²) in [5, 5.41) is 0. The number of rotatable bonds is 8. The lowest BCUT2D eigenvalue weighted by Crippen LogP contribution is -2.36. The van der Waals surface area contributed by atoms with Crippen LogP contribution in [0.15, 0.2) is 0 Å². The number of nitrogens with zero attached hydrogens (tertiary/aromatic N) is 1. The minimum Gasteiger partial charge on any atom is -0.381 e. The summed E-state index contributed by atoms with van der Waals surface area (Å²) in [7, 11) is 0. The van der Waals surface area contributed by atoms with Crippen LogP contribution in [0.25, 0.3) is 0 Å². The smallest absolute Gasteiger partial charge is 0.0594 e. The summed E-state index contributed by atoms with van der Waals surface area (Å²) in [4.78, 5) is 2.51. The van der Waals surface area contributed by atoms with Gasteiger partial charge in [-0.15, -0.1) is 0 Å². The second-order valence-electron chi connectivity index (χ2n) is 4.71. The van der Waals surface area contributed by atoms with Crippen LogP contribution < -0.4 is 0 Å². The Labute approximate surface area is 100 Å². The largest absolute Gasteiger partial charge is 0.381 e. The molecule has 1 saturated heterocycles. The third-order valence-electron chi connectivity index (χ3n) is 3.13. The van der Waals surface area contributed by atoms with Crippen molar-refractivity contribution in [2.75, 3.05) is 46.1 Å². The third kappa shape index (κ3) is 6.46. The Morgan fingerprint density at radius 3 is 2.69 bits per heavy atom. The highest BCUT2D eigenvalue weighted by Crippen LogP contribution is 2.09. The van der Waals surface area contributed by atoms with Gasteiger partial charge in [0.25, 0.3) is 0 Å². The van der Waals surface area contributed by atoms with Gasteiger partial charge in [0.2, 0.25) is 0 Å². The third-order valence-corrected chi connectivity index (χ3v) is 3.13. The highest BCUT2D eigenvalue weighted by molar-refractivity contribution is 4.62. The normalized spacial score (nSPS) is 19.9. The van der Waals surface area contributed by atoms with Crippen molar-refractivity contribution in [3.8, 4) is 0 Å². The minimum atomic E-state index is 0.713. The van der Waals surface area contributed by atoms with Gasteiger partial charge < -0.3 is 9.47 Å². The number of morpholine rings is 1. The first-order valence-electron chi connectivity index (χ1n) is 6.70. The van der Waals surface area contributed by atoms with E-state index in [-0.39, 0.29) is 0 Å². The van der Waals surface area contributed by atoms with Crippen molar-refractivity contribution in [3.05, 3.63) is 0 Å². The summed E-state index contributed by atoms with van der Waals surface area (Å²) in [5.41, 5.74) is 0. The molecular weight excluding hydrogens is 202 g/mol. The molecule has 0 radical (unpaired) electrons. The van der Waals surface area contributed by atoms with Crippen LogP contribution in [0.3, 0.4) is 0 Å². The first-order valence-corrected chi connectivity index (χ1v) is 6.70. The molecule has 1 unspecified atom stereocenters. The molecule has 1 aliphatic rings. The fourth-order valence-electron chi connectivity index (χ4n) is 2.06. The summed E-state index contributed by atoms with van der Waals surface area (Å²) < 4.78 is 10.7. The predicted octanol–water partition coefficient (Wildman–Crippen LogP) is 2.16. The van der Waals surface area contributed by atoms with Crippen molar-refractivity contribution in [3.63, 3.8) is 0 Å². The average Bonchev–Trinajstić information content (AvgIpc) is 2.33. The monoisotopic (exact) mass is 229 g/mol. The molecular formula is C13H27NO2. The number of hydrogen-bond donors (Lipinski definition) is 0. The van der Waals surface area contributed by atoms with Gasteiger partial charge in [-0.05, 0) is 32.2 Å². The predicted molar refractivity (Wildman–Crippen MR) is 66.8 cm³/mol. The summed E-state index contributed by atoms with van der Waals surface area (Å²) >= 11 is 0. The van der Waals surface area contributed by atoms with Crippen LogP contribution in [-0.2, 0) is 9.47 Å². The fourth-order valence-corrected chi connectivity index (χ4v) is 2.06. The standard InChI is InChI=1S/C13H27NO2/c1-3-15-12-13(2)6-4-5-7-14-8-10-16-11-9-14/h13H,3-12H2,1-2H3. The highest BCUT2D eigenvalue weighted by Gasteiger charge is 2.09. The lowest BCUT2D eigenvalue weighted by molar-refractivity contribution is 0.0368. The molecule has 0 aromatic carbocycles. The van der Waals surface area contributed by atoms with Gasteiger partial charge in [0.05, 0.1) is 13.2 Å². The van der Waals surface area contributed by atoms with E-state index in [1.54, 1.807) is 0 Å². The molecule has 3 nitrogen and oxygen atoms in total. The Balaban J connectivity index is 1.90. The molecule has 16 heavy (non-hydrogen) atoms. The molecule has 1 aliphatic heterocycles. The first kappa shape index (κ1) is 13.9. The minimum absolute atomic E-state index is 0.713. The molecule has 0 aliphatic carbocycles. The highest BCUT2D eigenvalue weighted by atomic mass is 16.5. The molecule has 1 fully saturated rings. The van der Waals surface area contributed by atoms with Gasteiger partial charge in [-0.3, -0.25) is 4.90 Å². The maximum Gasteiger partial charge on any atom is 0.0594 e. The van der Waals surface area contributed by atoms with Crippen molar-refractivity contribution in [2.24, 2.45) is 5.92 Å². The molecule has 0 aromatic rings. The Morgan fingerprint density at radius 2 is 2.00 bits per heavy atom. The second kappa shape index (κ2) is 8.97. The summed E-state index contributed by atoms with van der Waals surface area (Å²) in [6, 6.07) is 0. The van der Waals surface area contributed by atoms with Crippen LogP contribution in [-0.4, -0.2) is 51.0 Å². The number of hydrogen-bond acceptors (Lipinski definition) is 3. The maximum atomic E-state index is 5.42. The fraction of sp³-hybridized carbons (Fsp3) is 1.00. The summed E-state index contributed by atoms with van der Waals surface area (Å²) in [5.74, 6) is 0.713. The second-order valence-corrected chi connectivity index (χ2v) is 4.71. The van der Waals surface area contributed by atoms with Gasteiger partial charge in [-0.2, -0.15) is 0 Å². The van der Waals surface area contributed by atoms with Gasteiger partial charge in [-0.1, -0.05) is 13.3 Å². The molecule has 0 N–H and O–H groups in total. The van der Waals surface area contributed by atoms with E-state index >= 15 is 0 Å². The van der Waals surface area contributed by atoms with Crippen LogP contribution in [0.1, 0.15) is 33.1 Å². The van der Waals surface area contributed by atoms with E-state index in [4.69, 9.17) is 9.47 Å². The van der Waals surface area contributed by atoms with Gasteiger partial charge in [-0.25, -0.2) is 0 Å². The molecule has 3 heteroatoms. The average molecular weight is 229 g/mol. The molecule has 0 spiro atoms. The van der Waals surface area contributed by atoms with Crippen LogP contribution in [0, 0.1) is 5.92 Å². The van der Waals surface area contributed by atoms with Crippen LogP contribution in [0.2, 0.25) is 0 Å². The van der Waals surface area contributed by atoms with E-state index in [1.807, 2.05) is 0 Å². The molecule has 0 amide bonds. The summed E-state index contributed by atoms with van der Waals surface area (Å²) in [6.45, 7) is 11.4. The zero-order valence-electron chi connectivity index (χ0n) is 10.9. The van der Waals surface area contributed by atoms with Crippen LogP contribution in [0.4, 0.5) is 0 Å². The molecule has 1 atom stereocenters. The van der Waals surface area contributed by atoms with Crippen LogP contribution >= 0.6 is 0 Å². The van der Waals surface area contributed by atoms with Crippen LogP contribution in [0.5, 0.6) is 0 Å². The molecule has 0 aromatic heterocycles. The quantitative estimate of drug-likeness (QED) is 0.595. The molecule has 1 rings (SSSR count). The number of ether oxygens (including phenoxy) is 2. The lowest BCUT2D eigenvalue weighted by Gasteiger charge is -2.26. The number of unbranched alkanes of at least 4 members (excludes halogenated alkanes) is 1. The first-order chi connectivity index (χ1) is 7.83. The van der Waals surface area contributed by atoms with Crippen molar-refractivity contribution in [1.82, 2.24) is 4.90 Å². The SMILES string of the molecule is CCOCC(C)CCCCN1CCOCC1. The van der Waals surface area contributed by atoms with Crippen molar-refractivity contribution >= 4 is 0 Å². The van der Waals surface area contributed by atoms with Crippen molar-refractivity contribution in [2.45, 2.75) is 33.1 Å². The van der Waals surface area contributed by atoms with Gasteiger partial charge in [0, 0.05) is 26.3 Å². The Hall–Kier alpha value is -0.120. The summed E-state index contributed by atoms with van der Waals surface area (Å²) in [6.07, 6.45) is 3.94. The van der Waals surface area contributed by atoms with Crippen molar-refractivity contribution in [1.29, 1.82) is 0 Å². The Bertz CT molecular complexity index is 158. The van der Waals surface area contributed by atoms with E-state index in [9.17, 15) is 0 Å². The van der Waals surface area contributed by atoms with E-state index in [0.29, 0.717) is 5.92 Å². The molecule has 0 saturated carbocycles. The zero-order chi connectivity index (χ0) is 11.6. The van der Waals surface area contributed by atoms with Gasteiger partial charge in [0.1, 0.15) is 0 Å². The van der Waals surface area contributed by atoms with Gasteiger partial charge >= 0.3 is 0 Å². The van der Waals surface area contributed by atoms with E-state index in [2.05, 4.69) is 18.7 Å². The van der Waals surface area contributed by atoms with E-state index in [1.165, 1.54) is 25.8 Å². The Morgan fingerprint density at radius 1 is 1.25 bits per heavy atom. The molecule has 0 bridgehead atoms. The van der Waals surface area contributed by atoms with E-state index in [0.717, 1.165) is 39.5 Å². The Kier molecular flexibility index (Phi) is 7.81. The van der Waals surface area contributed by atoms with Crippen molar-refractivity contribution < 1.29 is 9.47 Å². The topological polar surface area (TPSA) is 21.7 Å². The maximum absolute atomic E-state index is 5.42. The zero-order valence-corrected chi connectivity index (χ0v) is 10.9. The molecule has 96 valence electrons. The van der Waals surface area contributed by atoms with Gasteiger partial charge in [0.15, 0.2) is 0 Å². The molecule has 1 heterocycles. The van der Waals surface area contributed by atoms with E-state index < -0.39 is 0 Å².